The molecule has 1 aromatic heterocycles. The number of hydrogen-bond donors (Lipinski definition) is 0. The topological polar surface area (TPSA) is 66.2 Å². The maximum absolute atomic E-state index is 12.6. The van der Waals surface area contributed by atoms with Crippen molar-refractivity contribution in [3.8, 4) is 11.8 Å². The third-order valence-corrected chi connectivity index (χ3v) is 4.20. The van der Waals surface area contributed by atoms with Gasteiger partial charge in [-0.25, -0.2) is 0 Å². The minimum atomic E-state index is 0.0214. The Morgan fingerprint density at radius 1 is 1.25 bits per heavy atom. The van der Waals surface area contributed by atoms with Gasteiger partial charge in [-0.1, -0.05) is 0 Å². The van der Waals surface area contributed by atoms with Crippen LogP contribution in [0.15, 0.2) is 48.8 Å². The first kappa shape index (κ1) is 16.0. The third-order valence-electron chi connectivity index (χ3n) is 4.20. The molecule has 5 heteroatoms. The minimum Gasteiger partial charge on any atom is -0.493 e. The van der Waals surface area contributed by atoms with E-state index in [0.717, 1.165) is 25.1 Å². The van der Waals surface area contributed by atoms with Crippen LogP contribution >= 0.6 is 0 Å². The van der Waals surface area contributed by atoms with Crippen LogP contribution in [0.5, 0.6) is 5.75 Å². The summed E-state index contributed by atoms with van der Waals surface area (Å²) in [6.45, 7) is 2.07. The van der Waals surface area contributed by atoms with Crippen LogP contribution in [0.3, 0.4) is 0 Å². The Morgan fingerprint density at radius 2 is 2.00 bits per heavy atom. The molecule has 0 radical (unpaired) electrons. The van der Waals surface area contributed by atoms with Gasteiger partial charge in [0.05, 0.1) is 18.2 Å². The van der Waals surface area contributed by atoms with Gasteiger partial charge in [0.2, 0.25) is 0 Å². The number of benzene rings is 1. The van der Waals surface area contributed by atoms with Crippen LogP contribution in [0.1, 0.15) is 28.8 Å². The predicted octanol–water partition coefficient (Wildman–Crippen LogP) is 2.88. The Morgan fingerprint density at radius 3 is 2.71 bits per heavy atom. The molecule has 0 aliphatic carbocycles. The van der Waals surface area contributed by atoms with Gasteiger partial charge in [0.25, 0.3) is 5.91 Å². The summed E-state index contributed by atoms with van der Waals surface area (Å²) >= 11 is 0. The summed E-state index contributed by atoms with van der Waals surface area (Å²) in [7, 11) is 0. The molecule has 1 aliphatic heterocycles. The highest BCUT2D eigenvalue weighted by Crippen LogP contribution is 2.20. The van der Waals surface area contributed by atoms with Crippen molar-refractivity contribution in [3.63, 3.8) is 0 Å². The van der Waals surface area contributed by atoms with Gasteiger partial charge in [-0.05, 0) is 49.2 Å². The molecule has 1 saturated heterocycles. The van der Waals surface area contributed by atoms with E-state index in [0.29, 0.717) is 30.2 Å². The van der Waals surface area contributed by atoms with Gasteiger partial charge in [0, 0.05) is 37.0 Å². The van der Waals surface area contributed by atoms with E-state index in [-0.39, 0.29) is 5.91 Å². The van der Waals surface area contributed by atoms with E-state index in [1.54, 1.807) is 36.7 Å². The quantitative estimate of drug-likeness (QED) is 0.868. The van der Waals surface area contributed by atoms with Gasteiger partial charge in [-0.15, -0.1) is 0 Å². The zero-order chi connectivity index (χ0) is 16.8. The van der Waals surface area contributed by atoms with Gasteiger partial charge >= 0.3 is 0 Å². The number of amides is 1. The summed E-state index contributed by atoms with van der Waals surface area (Å²) < 4.78 is 5.80. The molecule has 0 spiro atoms. The van der Waals surface area contributed by atoms with E-state index in [2.05, 4.69) is 11.1 Å². The van der Waals surface area contributed by atoms with E-state index >= 15 is 0 Å². The summed E-state index contributed by atoms with van der Waals surface area (Å²) in [5.74, 6) is 1.16. The second-order valence-corrected chi connectivity index (χ2v) is 5.94. The Bertz CT molecular complexity index is 723. The molecule has 1 amide bonds. The fraction of sp³-hybridized carbons (Fsp3) is 0.316. The lowest BCUT2D eigenvalue weighted by molar-refractivity contribution is 0.0633. The molecule has 1 atom stereocenters. The van der Waals surface area contributed by atoms with Gasteiger partial charge in [0.15, 0.2) is 0 Å². The van der Waals surface area contributed by atoms with Crippen LogP contribution in [-0.4, -0.2) is 35.5 Å². The highest BCUT2D eigenvalue weighted by atomic mass is 16.5. The lowest BCUT2D eigenvalue weighted by Gasteiger charge is -2.32. The van der Waals surface area contributed by atoms with Gasteiger partial charge in [-0.3, -0.25) is 9.78 Å². The zero-order valence-electron chi connectivity index (χ0n) is 13.4. The highest BCUT2D eigenvalue weighted by Gasteiger charge is 2.25. The van der Waals surface area contributed by atoms with Crippen LogP contribution in [0.2, 0.25) is 0 Å². The van der Waals surface area contributed by atoms with Crippen molar-refractivity contribution < 1.29 is 9.53 Å². The molecule has 1 fully saturated rings. The molecule has 2 aromatic rings. The Labute approximate surface area is 141 Å². The zero-order valence-corrected chi connectivity index (χ0v) is 13.4. The first-order valence-electron chi connectivity index (χ1n) is 8.08. The van der Waals surface area contributed by atoms with Crippen LogP contribution < -0.4 is 4.74 Å². The van der Waals surface area contributed by atoms with E-state index < -0.39 is 0 Å². The fourth-order valence-electron chi connectivity index (χ4n) is 2.90. The Balaban J connectivity index is 1.58. The number of ether oxygens (including phenoxy) is 1. The maximum atomic E-state index is 12.6. The van der Waals surface area contributed by atoms with E-state index in [1.165, 1.54) is 0 Å². The lowest BCUT2D eigenvalue weighted by atomic mass is 9.98. The molecule has 5 nitrogen and oxygen atoms in total. The second kappa shape index (κ2) is 7.60. The monoisotopic (exact) mass is 321 g/mol. The molecule has 0 saturated carbocycles. The minimum absolute atomic E-state index is 0.0214. The lowest BCUT2D eigenvalue weighted by Crippen LogP contribution is -2.41. The molecule has 1 aromatic carbocycles. The standard InChI is InChI=1S/C19H19N3O2/c20-12-15-3-5-17(6-4-15)19(23)22-11-1-2-16(13-22)14-24-18-7-9-21-10-8-18/h3-10,16H,1-2,11,13-14H2. The summed E-state index contributed by atoms with van der Waals surface area (Å²) in [5.41, 5.74) is 1.19. The largest absolute Gasteiger partial charge is 0.493 e. The smallest absolute Gasteiger partial charge is 0.253 e. The molecule has 3 rings (SSSR count). The van der Waals surface area contributed by atoms with Crippen LogP contribution in [0.4, 0.5) is 0 Å². The summed E-state index contributed by atoms with van der Waals surface area (Å²) in [6, 6.07) is 12.5. The molecule has 0 N–H and O–H groups in total. The van der Waals surface area contributed by atoms with Crippen molar-refractivity contribution in [3.05, 3.63) is 59.9 Å². The molecule has 1 unspecified atom stereocenters. The molecule has 122 valence electrons. The number of carbonyl (C=O) groups excluding carboxylic acids is 1. The molecular weight excluding hydrogens is 302 g/mol. The molecule has 2 heterocycles. The van der Waals surface area contributed by atoms with Crippen LogP contribution in [0, 0.1) is 17.2 Å². The number of likely N-dealkylation sites (tertiary alicyclic amines) is 1. The summed E-state index contributed by atoms with van der Waals surface area (Å²) in [4.78, 5) is 18.5. The van der Waals surface area contributed by atoms with E-state index in [1.807, 2.05) is 17.0 Å². The van der Waals surface area contributed by atoms with Crippen molar-refractivity contribution in [1.29, 1.82) is 5.26 Å². The van der Waals surface area contributed by atoms with Crippen molar-refractivity contribution in [2.24, 2.45) is 5.92 Å². The van der Waals surface area contributed by atoms with E-state index in [9.17, 15) is 4.79 Å². The van der Waals surface area contributed by atoms with Crippen LogP contribution in [-0.2, 0) is 0 Å². The average Bonchev–Trinajstić information content (AvgIpc) is 2.67. The summed E-state index contributed by atoms with van der Waals surface area (Å²) in [6.07, 6.45) is 5.45. The van der Waals surface area contributed by atoms with Crippen molar-refractivity contribution in [2.45, 2.75) is 12.8 Å². The molecular formula is C19H19N3O2. The maximum Gasteiger partial charge on any atom is 0.253 e. The van der Waals surface area contributed by atoms with Crippen LogP contribution in [0.25, 0.3) is 0 Å². The number of nitrogens with zero attached hydrogens (tertiary/aromatic N) is 3. The van der Waals surface area contributed by atoms with Gasteiger partial charge in [0.1, 0.15) is 5.75 Å². The second-order valence-electron chi connectivity index (χ2n) is 5.94. The molecule has 1 aliphatic rings. The highest BCUT2D eigenvalue weighted by molar-refractivity contribution is 5.94. The predicted molar refractivity (Wildman–Crippen MR) is 89.5 cm³/mol. The van der Waals surface area contributed by atoms with Gasteiger partial charge < -0.3 is 9.64 Å². The number of aromatic nitrogens is 1. The first-order valence-corrected chi connectivity index (χ1v) is 8.08. The Kier molecular flexibility index (Phi) is 5.07. The third kappa shape index (κ3) is 3.90. The van der Waals surface area contributed by atoms with Gasteiger partial charge in [-0.2, -0.15) is 5.26 Å². The van der Waals surface area contributed by atoms with Crippen molar-refractivity contribution in [2.75, 3.05) is 19.7 Å². The number of carbonyl (C=O) groups is 1. The summed E-state index contributed by atoms with van der Waals surface area (Å²) in [5, 5.41) is 8.84. The normalized spacial score (nSPS) is 17.1. The van der Waals surface area contributed by atoms with Crippen molar-refractivity contribution in [1.82, 2.24) is 9.88 Å². The first-order chi connectivity index (χ1) is 11.8. The van der Waals surface area contributed by atoms with Crippen molar-refractivity contribution >= 4 is 5.91 Å². The van der Waals surface area contributed by atoms with E-state index in [4.69, 9.17) is 10.00 Å². The fourth-order valence-corrected chi connectivity index (χ4v) is 2.90. The molecule has 0 bridgehead atoms. The number of pyridine rings is 1. The number of piperidine rings is 1. The Hall–Kier alpha value is -2.87. The SMILES string of the molecule is N#Cc1ccc(C(=O)N2CCCC(COc3ccncc3)C2)cc1. The number of rotatable bonds is 4. The number of nitriles is 1. The average molecular weight is 321 g/mol. The molecule has 24 heavy (non-hydrogen) atoms. The number of hydrogen-bond acceptors (Lipinski definition) is 4.